The van der Waals surface area contributed by atoms with E-state index in [0.717, 1.165) is 13.1 Å². The molecule has 1 atom stereocenters. The van der Waals surface area contributed by atoms with Crippen molar-refractivity contribution in [2.24, 2.45) is 5.92 Å². The standard InChI is InChI=1S/C13H21N3O4/c17-11-2-1-10(9-14-11)13(20)16-7-5-15(6-8-16)4-3-12(18)19/h10H,1-9H2,(H,14,17)(H,18,19). The van der Waals surface area contributed by atoms with Crippen molar-refractivity contribution in [1.29, 1.82) is 0 Å². The van der Waals surface area contributed by atoms with Gasteiger partial charge in [-0.05, 0) is 6.42 Å². The summed E-state index contributed by atoms with van der Waals surface area (Å²) in [7, 11) is 0. The summed E-state index contributed by atoms with van der Waals surface area (Å²) in [6.07, 6.45) is 1.20. The third-order valence-corrected chi connectivity index (χ3v) is 3.94. The van der Waals surface area contributed by atoms with E-state index in [1.54, 1.807) is 0 Å². The second-order valence-electron chi connectivity index (χ2n) is 5.35. The molecule has 0 radical (unpaired) electrons. The first kappa shape index (κ1) is 14.8. The Balaban J connectivity index is 1.74. The lowest BCUT2D eigenvalue weighted by molar-refractivity contribution is -0.141. The minimum Gasteiger partial charge on any atom is -0.481 e. The third-order valence-electron chi connectivity index (χ3n) is 3.94. The lowest BCUT2D eigenvalue weighted by atomic mass is 9.97. The maximum absolute atomic E-state index is 12.3. The van der Waals surface area contributed by atoms with E-state index in [0.29, 0.717) is 39.0 Å². The van der Waals surface area contributed by atoms with Crippen LogP contribution in [0.4, 0.5) is 0 Å². The fraction of sp³-hybridized carbons (Fsp3) is 0.769. The molecule has 0 aromatic rings. The van der Waals surface area contributed by atoms with Crippen LogP contribution in [0.15, 0.2) is 0 Å². The quantitative estimate of drug-likeness (QED) is 0.700. The van der Waals surface area contributed by atoms with Gasteiger partial charge in [-0.15, -0.1) is 0 Å². The number of amides is 2. The highest BCUT2D eigenvalue weighted by molar-refractivity contribution is 5.83. The van der Waals surface area contributed by atoms with Crippen LogP contribution in [0.25, 0.3) is 0 Å². The van der Waals surface area contributed by atoms with E-state index >= 15 is 0 Å². The van der Waals surface area contributed by atoms with Gasteiger partial charge in [0.1, 0.15) is 0 Å². The molecule has 0 aromatic heterocycles. The molecule has 2 N–H and O–H groups in total. The van der Waals surface area contributed by atoms with Gasteiger partial charge in [0, 0.05) is 45.7 Å². The highest BCUT2D eigenvalue weighted by Gasteiger charge is 2.30. The minimum absolute atomic E-state index is 0.0209. The first-order valence-corrected chi connectivity index (χ1v) is 7.06. The maximum Gasteiger partial charge on any atom is 0.304 e. The van der Waals surface area contributed by atoms with Crippen molar-refractivity contribution in [1.82, 2.24) is 15.1 Å². The Morgan fingerprint density at radius 2 is 1.95 bits per heavy atom. The van der Waals surface area contributed by atoms with Crippen molar-refractivity contribution in [3.63, 3.8) is 0 Å². The number of piperidine rings is 1. The Morgan fingerprint density at radius 3 is 2.50 bits per heavy atom. The van der Waals surface area contributed by atoms with Crippen LogP contribution in [-0.2, 0) is 14.4 Å². The summed E-state index contributed by atoms with van der Waals surface area (Å²) >= 11 is 0. The second-order valence-corrected chi connectivity index (χ2v) is 5.35. The zero-order valence-corrected chi connectivity index (χ0v) is 11.5. The summed E-state index contributed by atoms with van der Waals surface area (Å²) in [6, 6.07) is 0. The summed E-state index contributed by atoms with van der Waals surface area (Å²) in [5.41, 5.74) is 0. The molecule has 2 aliphatic rings. The summed E-state index contributed by atoms with van der Waals surface area (Å²) < 4.78 is 0. The average Bonchev–Trinajstić information content (AvgIpc) is 2.46. The van der Waals surface area contributed by atoms with E-state index in [-0.39, 0.29) is 24.2 Å². The molecule has 2 fully saturated rings. The van der Waals surface area contributed by atoms with E-state index in [2.05, 4.69) is 10.2 Å². The smallest absolute Gasteiger partial charge is 0.304 e. The molecule has 0 aliphatic carbocycles. The van der Waals surface area contributed by atoms with Crippen molar-refractivity contribution in [3.05, 3.63) is 0 Å². The van der Waals surface area contributed by atoms with Crippen LogP contribution in [-0.4, -0.2) is 72.0 Å². The molecule has 0 spiro atoms. The van der Waals surface area contributed by atoms with Gasteiger partial charge in [-0.2, -0.15) is 0 Å². The van der Waals surface area contributed by atoms with E-state index < -0.39 is 5.97 Å². The molecule has 1 unspecified atom stereocenters. The fourth-order valence-corrected chi connectivity index (χ4v) is 2.65. The van der Waals surface area contributed by atoms with Gasteiger partial charge >= 0.3 is 5.97 Å². The molecule has 2 rings (SSSR count). The number of nitrogens with zero attached hydrogens (tertiary/aromatic N) is 2. The number of hydrogen-bond acceptors (Lipinski definition) is 4. The monoisotopic (exact) mass is 283 g/mol. The SMILES string of the molecule is O=C(O)CCN1CCN(C(=O)C2CCC(=O)NC2)CC1. The lowest BCUT2D eigenvalue weighted by Crippen LogP contribution is -2.52. The fourth-order valence-electron chi connectivity index (χ4n) is 2.65. The number of aliphatic carboxylic acids is 1. The van der Waals surface area contributed by atoms with E-state index in [4.69, 9.17) is 5.11 Å². The van der Waals surface area contributed by atoms with E-state index in [1.165, 1.54) is 0 Å². The number of carbonyl (C=O) groups is 3. The normalized spacial score (nSPS) is 24.3. The Morgan fingerprint density at radius 1 is 1.25 bits per heavy atom. The second kappa shape index (κ2) is 6.69. The predicted octanol–water partition coefficient (Wildman–Crippen LogP) is -0.868. The summed E-state index contributed by atoms with van der Waals surface area (Å²) in [4.78, 5) is 37.8. The van der Waals surface area contributed by atoms with E-state index in [9.17, 15) is 14.4 Å². The number of piperazine rings is 1. The summed E-state index contributed by atoms with van der Waals surface area (Å²) in [5.74, 6) is -0.754. The first-order chi connectivity index (χ1) is 9.56. The third kappa shape index (κ3) is 3.93. The van der Waals surface area contributed by atoms with Gasteiger partial charge in [-0.1, -0.05) is 0 Å². The van der Waals surface area contributed by atoms with Gasteiger partial charge in [0.05, 0.1) is 12.3 Å². The minimum atomic E-state index is -0.790. The number of carbonyl (C=O) groups excluding carboxylic acids is 2. The molecule has 2 amide bonds. The molecule has 112 valence electrons. The van der Waals surface area contributed by atoms with Crippen LogP contribution < -0.4 is 5.32 Å². The number of rotatable bonds is 4. The Hall–Kier alpha value is -1.63. The zero-order valence-electron chi connectivity index (χ0n) is 11.5. The largest absolute Gasteiger partial charge is 0.481 e. The van der Waals surface area contributed by atoms with Gasteiger partial charge in [-0.3, -0.25) is 19.3 Å². The van der Waals surface area contributed by atoms with Crippen molar-refractivity contribution in [2.75, 3.05) is 39.3 Å². The number of nitrogens with one attached hydrogen (secondary N) is 1. The van der Waals surface area contributed by atoms with Crippen LogP contribution in [0, 0.1) is 5.92 Å². The first-order valence-electron chi connectivity index (χ1n) is 7.06. The maximum atomic E-state index is 12.3. The molecule has 7 nitrogen and oxygen atoms in total. The molecule has 7 heteroatoms. The number of carboxylic acids is 1. The van der Waals surface area contributed by atoms with Crippen molar-refractivity contribution in [3.8, 4) is 0 Å². The molecule has 0 aromatic carbocycles. The molecule has 20 heavy (non-hydrogen) atoms. The topological polar surface area (TPSA) is 90.0 Å². The molecule has 2 heterocycles. The van der Waals surface area contributed by atoms with Crippen molar-refractivity contribution < 1.29 is 19.5 Å². The molecule has 0 saturated carbocycles. The Bertz CT molecular complexity index is 381. The molecule has 0 bridgehead atoms. The highest BCUT2D eigenvalue weighted by Crippen LogP contribution is 2.15. The summed E-state index contributed by atoms with van der Waals surface area (Å²) in [6.45, 7) is 3.70. The van der Waals surface area contributed by atoms with Crippen LogP contribution in [0.5, 0.6) is 0 Å². The Kier molecular flexibility index (Phi) is 4.94. The van der Waals surface area contributed by atoms with Crippen molar-refractivity contribution in [2.45, 2.75) is 19.3 Å². The molecular formula is C13H21N3O4. The van der Waals surface area contributed by atoms with Crippen LogP contribution in [0.2, 0.25) is 0 Å². The molecule has 2 saturated heterocycles. The average molecular weight is 283 g/mol. The number of hydrogen-bond donors (Lipinski definition) is 2. The lowest BCUT2D eigenvalue weighted by Gasteiger charge is -2.36. The van der Waals surface area contributed by atoms with Crippen LogP contribution >= 0.6 is 0 Å². The highest BCUT2D eigenvalue weighted by atomic mass is 16.4. The Labute approximate surface area is 117 Å². The van der Waals surface area contributed by atoms with Crippen LogP contribution in [0.1, 0.15) is 19.3 Å². The van der Waals surface area contributed by atoms with Gasteiger partial charge in [0.15, 0.2) is 0 Å². The van der Waals surface area contributed by atoms with Gasteiger partial charge < -0.3 is 15.3 Å². The predicted molar refractivity (Wildman–Crippen MR) is 71.0 cm³/mol. The summed E-state index contributed by atoms with van der Waals surface area (Å²) in [5, 5.41) is 11.4. The molecule has 2 aliphatic heterocycles. The van der Waals surface area contributed by atoms with Gasteiger partial charge in [0.2, 0.25) is 11.8 Å². The zero-order chi connectivity index (χ0) is 14.5. The van der Waals surface area contributed by atoms with Crippen molar-refractivity contribution >= 4 is 17.8 Å². The van der Waals surface area contributed by atoms with Crippen LogP contribution in [0.3, 0.4) is 0 Å². The van der Waals surface area contributed by atoms with Gasteiger partial charge in [0.25, 0.3) is 0 Å². The number of carboxylic acid groups (broad SMARTS) is 1. The molecular weight excluding hydrogens is 262 g/mol. The van der Waals surface area contributed by atoms with E-state index in [1.807, 2.05) is 4.90 Å². The van der Waals surface area contributed by atoms with Gasteiger partial charge in [-0.25, -0.2) is 0 Å².